The van der Waals surface area contributed by atoms with Gasteiger partial charge in [0.05, 0.1) is 0 Å². The van der Waals surface area contributed by atoms with Gasteiger partial charge in [-0.15, -0.1) is 0 Å². The summed E-state index contributed by atoms with van der Waals surface area (Å²) in [5.41, 5.74) is 12.6. The topological polar surface area (TPSA) is 98.2 Å². The van der Waals surface area contributed by atoms with Crippen LogP contribution in [-0.2, 0) is 16.0 Å². The van der Waals surface area contributed by atoms with Crippen molar-refractivity contribution in [3.8, 4) is 0 Å². The van der Waals surface area contributed by atoms with Crippen LogP contribution in [0.4, 0.5) is 5.69 Å². The molecule has 0 aliphatic carbocycles. The number of carbonyl (C=O) groups excluding carboxylic acids is 2. The first kappa shape index (κ1) is 15.0. The highest BCUT2D eigenvalue weighted by Gasteiger charge is 2.21. The second kappa shape index (κ2) is 6.78. The number of primary amides is 1. The van der Waals surface area contributed by atoms with Crippen molar-refractivity contribution in [1.29, 1.82) is 0 Å². The highest BCUT2D eigenvalue weighted by atomic mass is 16.2. The lowest BCUT2D eigenvalue weighted by atomic mass is 10.0. The van der Waals surface area contributed by atoms with E-state index in [2.05, 4.69) is 5.32 Å². The number of rotatable bonds is 6. The number of amides is 2. The second-order valence-corrected chi connectivity index (χ2v) is 4.94. The van der Waals surface area contributed by atoms with E-state index in [1.165, 1.54) is 0 Å². The summed E-state index contributed by atoms with van der Waals surface area (Å²) in [6, 6.07) is 6.78. The van der Waals surface area contributed by atoms with Crippen LogP contribution >= 0.6 is 0 Å². The fourth-order valence-corrected chi connectivity index (χ4v) is 1.82. The van der Waals surface area contributed by atoms with Crippen molar-refractivity contribution in [2.24, 2.45) is 11.7 Å². The number of carbonyl (C=O) groups is 2. The van der Waals surface area contributed by atoms with Gasteiger partial charge in [-0.2, -0.15) is 0 Å². The molecule has 104 valence electrons. The largest absolute Gasteiger partial charge is 0.399 e. The number of anilines is 1. The van der Waals surface area contributed by atoms with Gasteiger partial charge in [0, 0.05) is 12.1 Å². The number of nitrogen functional groups attached to an aromatic ring is 1. The molecule has 1 rings (SSSR count). The van der Waals surface area contributed by atoms with Gasteiger partial charge >= 0.3 is 0 Å². The zero-order chi connectivity index (χ0) is 14.4. The van der Waals surface area contributed by atoms with Crippen LogP contribution in [-0.4, -0.2) is 17.9 Å². The minimum Gasteiger partial charge on any atom is -0.399 e. The van der Waals surface area contributed by atoms with Crippen LogP contribution in [0.5, 0.6) is 0 Å². The molecule has 0 spiro atoms. The zero-order valence-corrected chi connectivity index (χ0v) is 11.3. The zero-order valence-electron chi connectivity index (χ0n) is 11.3. The van der Waals surface area contributed by atoms with Gasteiger partial charge in [0.15, 0.2) is 0 Å². The van der Waals surface area contributed by atoms with E-state index in [9.17, 15) is 9.59 Å². The highest BCUT2D eigenvalue weighted by molar-refractivity contribution is 5.86. The molecule has 0 bridgehead atoms. The van der Waals surface area contributed by atoms with Gasteiger partial charge in [-0.05, 0) is 30.0 Å². The summed E-state index contributed by atoms with van der Waals surface area (Å²) in [5.74, 6) is -0.707. The Morgan fingerprint density at radius 3 is 2.53 bits per heavy atom. The maximum atomic E-state index is 11.8. The molecule has 0 fully saturated rings. The smallest absolute Gasteiger partial charge is 0.240 e. The summed E-state index contributed by atoms with van der Waals surface area (Å²) in [5, 5.41) is 2.66. The van der Waals surface area contributed by atoms with E-state index in [0.717, 1.165) is 5.56 Å². The molecule has 1 aromatic rings. The van der Waals surface area contributed by atoms with Crippen LogP contribution in [0.3, 0.4) is 0 Å². The lowest BCUT2D eigenvalue weighted by Crippen LogP contribution is -2.47. The van der Waals surface area contributed by atoms with E-state index in [-0.39, 0.29) is 11.8 Å². The third-order valence-corrected chi connectivity index (χ3v) is 2.88. The minimum absolute atomic E-state index is 0.0196. The highest BCUT2D eigenvalue weighted by Crippen LogP contribution is 2.09. The molecule has 0 heterocycles. The quantitative estimate of drug-likeness (QED) is 0.663. The van der Waals surface area contributed by atoms with Gasteiger partial charge in [0.1, 0.15) is 6.04 Å². The average Bonchev–Trinajstić information content (AvgIpc) is 2.32. The molecule has 5 nitrogen and oxygen atoms in total. The number of nitrogens with two attached hydrogens (primary N) is 2. The summed E-state index contributed by atoms with van der Waals surface area (Å²) in [6.07, 6.45) is 0.889. The van der Waals surface area contributed by atoms with Crippen LogP contribution in [0.15, 0.2) is 24.3 Å². The van der Waals surface area contributed by atoms with E-state index < -0.39 is 11.9 Å². The van der Waals surface area contributed by atoms with Gasteiger partial charge in [0.2, 0.25) is 11.8 Å². The molecule has 1 unspecified atom stereocenters. The molecule has 0 radical (unpaired) electrons. The number of nitrogens with one attached hydrogen (secondary N) is 1. The summed E-state index contributed by atoms with van der Waals surface area (Å²) < 4.78 is 0. The molecule has 5 N–H and O–H groups in total. The maximum absolute atomic E-state index is 11.8. The standard InChI is InChI=1S/C14H21N3O2/c1-9(2)13(14(16)19)17-12(18)7-6-10-4-3-5-11(15)8-10/h3-5,8-9,13H,6-7,15H2,1-2H3,(H2,16,19)(H,17,18). The van der Waals surface area contributed by atoms with E-state index in [1.54, 1.807) is 6.07 Å². The summed E-state index contributed by atoms with van der Waals surface area (Å²) in [7, 11) is 0. The van der Waals surface area contributed by atoms with Crippen molar-refractivity contribution in [1.82, 2.24) is 5.32 Å². The molecular formula is C14H21N3O2. The van der Waals surface area contributed by atoms with Crippen molar-refractivity contribution < 1.29 is 9.59 Å². The van der Waals surface area contributed by atoms with Crippen molar-refractivity contribution in [2.75, 3.05) is 5.73 Å². The Hall–Kier alpha value is -2.04. The van der Waals surface area contributed by atoms with Gasteiger partial charge < -0.3 is 16.8 Å². The predicted molar refractivity (Wildman–Crippen MR) is 75.1 cm³/mol. The first-order valence-corrected chi connectivity index (χ1v) is 6.33. The van der Waals surface area contributed by atoms with Crippen molar-refractivity contribution in [2.45, 2.75) is 32.7 Å². The Morgan fingerprint density at radius 2 is 2.00 bits per heavy atom. The van der Waals surface area contributed by atoms with Crippen LogP contribution in [0.2, 0.25) is 0 Å². The molecule has 0 saturated heterocycles. The summed E-state index contributed by atoms with van der Waals surface area (Å²) >= 11 is 0. The normalized spacial score (nSPS) is 12.2. The molecule has 0 aromatic heterocycles. The van der Waals surface area contributed by atoms with Gasteiger partial charge in [0.25, 0.3) is 0 Å². The molecule has 0 aliphatic rings. The molecule has 0 aliphatic heterocycles. The number of benzene rings is 1. The predicted octanol–water partition coefficient (Wildman–Crippen LogP) is 0.828. The SMILES string of the molecule is CC(C)C(NC(=O)CCc1cccc(N)c1)C(N)=O. The third-order valence-electron chi connectivity index (χ3n) is 2.88. The van der Waals surface area contributed by atoms with Gasteiger partial charge in [-0.1, -0.05) is 26.0 Å². The first-order chi connectivity index (χ1) is 8.90. The van der Waals surface area contributed by atoms with Gasteiger partial charge in [-0.25, -0.2) is 0 Å². The number of hydrogen-bond donors (Lipinski definition) is 3. The van der Waals surface area contributed by atoms with Crippen LogP contribution in [0.25, 0.3) is 0 Å². The van der Waals surface area contributed by atoms with E-state index in [0.29, 0.717) is 18.5 Å². The van der Waals surface area contributed by atoms with Crippen LogP contribution in [0.1, 0.15) is 25.8 Å². The van der Waals surface area contributed by atoms with Crippen LogP contribution < -0.4 is 16.8 Å². The summed E-state index contributed by atoms with van der Waals surface area (Å²) in [4.78, 5) is 23.0. The van der Waals surface area contributed by atoms with Crippen molar-refractivity contribution in [3.05, 3.63) is 29.8 Å². The fraction of sp³-hybridized carbons (Fsp3) is 0.429. The molecular weight excluding hydrogens is 242 g/mol. The molecule has 5 heteroatoms. The van der Waals surface area contributed by atoms with E-state index in [1.807, 2.05) is 32.0 Å². The lowest BCUT2D eigenvalue weighted by Gasteiger charge is -2.18. The first-order valence-electron chi connectivity index (χ1n) is 6.33. The molecule has 0 saturated carbocycles. The number of hydrogen-bond acceptors (Lipinski definition) is 3. The second-order valence-electron chi connectivity index (χ2n) is 4.94. The van der Waals surface area contributed by atoms with Gasteiger partial charge in [-0.3, -0.25) is 9.59 Å². The maximum Gasteiger partial charge on any atom is 0.240 e. The Bertz CT molecular complexity index is 458. The molecule has 1 atom stereocenters. The van der Waals surface area contributed by atoms with Crippen molar-refractivity contribution >= 4 is 17.5 Å². The van der Waals surface area contributed by atoms with Crippen molar-refractivity contribution in [3.63, 3.8) is 0 Å². The van der Waals surface area contributed by atoms with E-state index in [4.69, 9.17) is 11.5 Å². The monoisotopic (exact) mass is 263 g/mol. The molecule has 1 aromatic carbocycles. The van der Waals surface area contributed by atoms with Crippen LogP contribution in [0, 0.1) is 5.92 Å². The summed E-state index contributed by atoms with van der Waals surface area (Å²) in [6.45, 7) is 3.68. The lowest BCUT2D eigenvalue weighted by molar-refractivity contribution is -0.128. The Kier molecular flexibility index (Phi) is 5.36. The molecule has 19 heavy (non-hydrogen) atoms. The Balaban J connectivity index is 2.49. The third kappa shape index (κ3) is 4.99. The van der Waals surface area contributed by atoms with E-state index >= 15 is 0 Å². The average molecular weight is 263 g/mol. The Morgan fingerprint density at radius 1 is 1.32 bits per heavy atom. The fourth-order valence-electron chi connectivity index (χ4n) is 1.82. The minimum atomic E-state index is -0.617. The Labute approximate surface area is 113 Å². The molecule has 2 amide bonds. The number of aryl methyl sites for hydroxylation is 1.